The minimum atomic E-state index is -0.00949. The molecule has 1 aromatic carbocycles. The van der Waals surface area contributed by atoms with Crippen molar-refractivity contribution < 1.29 is 4.79 Å². The molecule has 1 heterocycles. The highest BCUT2D eigenvalue weighted by atomic mass is 35.5. The van der Waals surface area contributed by atoms with Crippen molar-refractivity contribution in [2.45, 2.75) is 31.8 Å². The average Bonchev–Trinajstić information content (AvgIpc) is 2.91. The number of hydrogen-bond acceptors (Lipinski definition) is 2. The fourth-order valence-electron chi connectivity index (χ4n) is 2.30. The fourth-order valence-corrected chi connectivity index (χ4v) is 2.42. The van der Waals surface area contributed by atoms with E-state index in [0.717, 1.165) is 30.0 Å². The highest BCUT2D eigenvalue weighted by molar-refractivity contribution is 6.30. The summed E-state index contributed by atoms with van der Waals surface area (Å²) in [4.78, 5) is 14.1. The Bertz CT molecular complexity index is 412. The molecule has 2 rings (SSSR count). The van der Waals surface area contributed by atoms with E-state index in [-0.39, 0.29) is 18.0 Å². The van der Waals surface area contributed by atoms with Crippen LogP contribution in [0, 0.1) is 0 Å². The standard InChI is InChI=1S/C14H19ClN2O/c1-10(11-5-7-12(15)8-6-11)17(2)14(18)13-4-3-9-16-13/h5-8,10,13,16H,3-4,9H2,1-2H3/t10?,13-/m0/s1. The summed E-state index contributed by atoms with van der Waals surface area (Å²) < 4.78 is 0. The van der Waals surface area contributed by atoms with Crippen LogP contribution in [-0.2, 0) is 4.79 Å². The minimum absolute atomic E-state index is 0.00949. The van der Waals surface area contributed by atoms with E-state index < -0.39 is 0 Å². The second-order valence-corrected chi connectivity index (χ2v) is 5.26. The second kappa shape index (κ2) is 5.72. The number of nitrogens with zero attached hydrogens (tertiary/aromatic N) is 1. The lowest BCUT2D eigenvalue weighted by molar-refractivity contribution is -0.133. The number of hydrogen-bond donors (Lipinski definition) is 1. The Balaban J connectivity index is 2.05. The number of rotatable bonds is 3. The zero-order valence-corrected chi connectivity index (χ0v) is 11.6. The molecule has 1 saturated heterocycles. The summed E-state index contributed by atoms with van der Waals surface area (Å²) in [5.41, 5.74) is 1.10. The first kappa shape index (κ1) is 13.4. The third-order valence-electron chi connectivity index (χ3n) is 3.64. The molecule has 18 heavy (non-hydrogen) atoms. The molecule has 1 unspecified atom stereocenters. The van der Waals surface area contributed by atoms with E-state index in [1.54, 1.807) is 0 Å². The first-order chi connectivity index (χ1) is 8.59. The Kier molecular flexibility index (Phi) is 4.25. The number of halogens is 1. The molecule has 98 valence electrons. The molecule has 2 atom stereocenters. The van der Waals surface area contributed by atoms with E-state index in [1.165, 1.54) is 0 Å². The van der Waals surface area contributed by atoms with Gasteiger partial charge < -0.3 is 10.2 Å². The van der Waals surface area contributed by atoms with E-state index in [1.807, 2.05) is 43.1 Å². The number of carbonyl (C=O) groups is 1. The van der Waals surface area contributed by atoms with Crippen molar-refractivity contribution in [3.8, 4) is 0 Å². The molecule has 0 aliphatic carbocycles. The molecule has 3 nitrogen and oxygen atoms in total. The van der Waals surface area contributed by atoms with Gasteiger partial charge in [0.2, 0.25) is 5.91 Å². The van der Waals surface area contributed by atoms with Crippen LogP contribution in [0.3, 0.4) is 0 Å². The maximum Gasteiger partial charge on any atom is 0.239 e. The lowest BCUT2D eigenvalue weighted by Crippen LogP contribution is -2.42. The Morgan fingerprint density at radius 3 is 2.67 bits per heavy atom. The molecule has 1 aromatic rings. The van der Waals surface area contributed by atoms with E-state index in [2.05, 4.69) is 5.32 Å². The number of nitrogens with one attached hydrogen (secondary N) is 1. The maximum atomic E-state index is 12.3. The van der Waals surface area contributed by atoms with E-state index >= 15 is 0 Å². The molecule has 1 N–H and O–H groups in total. The first-order valence-electron chi connectivity index (χ1n) is 6.35. The van der Waals surface area contributed by atoms with Crippen LogP contribution < -0.4 is 5.32 Å². The van der Waals surface area contributed by atoms with Gasteiger partial charge in [0.25, 0.3) is 0 Å². The van der Waals surface area contributed by atoms with Gasteiger partial charge in [-0.25, -0.2) is 0 Å². The first-order valence-corrected chi connectivity index (χ1v) is 6.73. The van der Waals surface area contributed by atoms with Crippen LogP contribution in [0.5, 0.6) is 0 Å². The second-order valence-electron chi connectivity index (χ2n) is 4.83. The predicted octanol–water partition coefficient (Wildman–Crippen LogP) is 2.61. The Morgan fingerprint density at radius 2 is 2.11 bits per heavy atom. The van der Waals surface area contributed by atoms with Crippen LogP contribution in [0.15, 0.2) is 24.3 Å². The van der Waals surface area contributed by atoms with Gasteiger partial charge in [0.1, 0.15) is 0 Å². The molecule has 0 saturated carbocycles. The predicted molar refractivity (Wildman–Crippen MR) is 73.7 cm³/mol. The third kappa shape index (κ3) is 2.85. The summed E-state index contributed by atoms with van der Waals surface area (Å²) in [6, 6.07) is 7.72. The van der Waals surface area contributed by atoms with Crippen molar-refractivity contribution in [1.82, 2.24) is 10.2 Å². The Morgan fingerprint density at radius 1 is 1.44 bits per heavy atom. The van der Waals surface area contributed by atoms with E-state index in [0.29, 0.717) is 0 Å². The summed E-state index contributed by atoms with van der Waals surface area (Å²) in [5.74, 6) is 0.176. The van der Waals surface area contributed by atoms with Gasteiger partial charge in [0.05, 0.1) is 12.1 Å². The van der Waals surface area contributed by atoms with Crippen LogP contribution in [0.2, 0.25) is 5.02 Å². The van der Waals surface area contributed by atoms with Crippen molar-refractivity contribution in [2.24, 2.45) is 0 Å². The molecular weight excluding hydrogens is 248 g/mol. The van der Waals surface area contributed by atoms with Crippen molar-refractivity contribution in [2.75, 3.05) is 13.6 Å². The van der Waals surface area contributed by atoms with Crippen LogP contribution in [0.25, 0.3) is 0 Å². The lowest BCUT2D eigenvalue weighted by atomic mass is 10.1. The molecule has 4 heteroatoms. The molecule has 1 aliphatic heterocycles. The summed E-state index contributed by atoms with van der Waals surface area (Å²) in [6.07, 6.45) is 2.02. The third-order valence-corrected chi connectivity index (χ3v) is 3.89. The number of benzene rings is 1. The normalized spacial score (nSPS) is 20.7. The molecule has 0 spiro atoms. The van der Waals surface area contributed by atoms with Gasteiger partial charge in [-0.2, -0.15) is 0 Å². The molecule has 1 amide bonds. The quantitative estimate of drug-likeness (QED) is 0.912. The summed E-state index contributed by atoms with van der Waals surface area (Å²) in [5, 5.41) is 3.96. The summed E-state index contributed by atoms with van der Waals surface area (Å²) in [6.45, 7) is 2.98. The van der Waals surface area contributed by atoms with Gasteiger partial charge in [0.15, 0.2) is 0 Å². The van der Waals surface area contributed by atoms with Crippen molar-refractivity contribution in [3.05, 3.63) is 34.9 Å². The van der Waals surface area contributed by atoms with Crippen LogP contribution in [0.4, 0.5) is 0 Å². The smallest absolute Gasteiger partial charge is 0.239 e. The van der Waals surface area contributed by atoms with Gasteiger partial charge >= 0.3 is 0 Å². The van der Waals surface area contributed by atoms with Gasteiger partial charge in [-0.1, -0.05) is 23.7 Å². The monoisotopic (exact) mass is 266 g/mol. The van der Waals surface area contributed by atoms with Gasteiger partial charge in [0, 0.05) is 12.1 Å². The van der Waals surface area contributed by atoms with Crippen molar-refractivity contribution >= 4 is 17.5 Å². The SMILES string of the molecule is CC(c1ccc(Cl)cc1)N(C)C(=O)[C@@H]1CCCN1. The molecule has 0 bridgehead atoms. The topological polar surface area (TPSA) is 32.3 Å². The van der Waals surface area contributed by atoms with Crippen LogP contribution in [0.1, 0.15) is 31.4 Å². The maximum absolute atomic E-state index is 12.3. The van der Waals surface area contributed by atoms with Gasteiger partial charge in [-0.15, -0.1) is 0 Å². The van der Waals surface area contributed by atoms with Crippen molar-refractivity contribution in [1.29, 1.82) is 0 Å². The van der Waals surface area contributed by atoms with Gasteiger partial charge in [-0.05, 0) is 44.0 Å². The zero-order chi connectivity index (χ0) is 13.1. The summed E-state index contributed by atoms with van der Waals surface area (Å²) in [7, 11) is 1.86. The van der Waals surface area contributed by atoms with Gasteiger partial charge in [-0.3, -0.25) is 4.79 Å². The Labute approximate surface area is 113 Å². The van der Waals surface area contributed by atoms with Crippen molar-refractivity contribution in [3.63, 3.8) is 0 Å². The van der Waals surface area contributed by atoms with E-state index in [9.17, 15) is 4.79 Å². The van der Waals surface area contributed by atoms with Crippen LogP contribution >= 0.6 is 11.6 Å². The summed E-state index contributed by atoms with van der Waals surface area (Å²) >= 11 is 5.87. The van der Waals surface area contributed by atoms with Crippen LogP contribution in [-0.4, -0.2) is 30.4 Å². The Hall–Kier alpha value is -1.06. The highest BCUT2D eigenvalue weighted by Gasteiger charge is 2.27. The zero-order valence-electron chi connectivity index (χ0n) is 10.8. The van der Waals surface area contributed by atoms with E-state index in [4.69, 9.17) is 11.6 Å². The number of likely N-dealkylation sites (N-methyl/N-ethyl adjacent to an activating group) is 1. The fraction of sp³-hybridized carbons (Fsp3) is 0.500. The molecule has 1 aliphatic rings. The molecule has 0 aromatic heterocycles. The largest absolute Gasteiger partial charge is 0.338 e. The minimum Gasteiger partial charge on any atom is -0.338 e. The molecule has 1 fully saturated rings. The molecular formula is C14H19ClN2O. The lowest BCUT2D eigenvalue weighted by Gasteiger charge is -2.28. The molecule has 0 radical (unpaired) electrons. The number of carbonyl (C=O) groups excluding carboxylic acids is 1. The average molecular weight is 267 g/mol. The highest BCUT2D eigenvalue weighted by Crippen LogP contribution is 2.22. The number of amides is 1.